The first-order valence-electron chi connectivity index (χ1n) is 9.29. The van der Waals surface area contributed by atoms with E-state index in [4.69, 9.17) is 0 Å². The predicted octanol–water partition coefficient (Wildman–Crippen LogP) is 5.93. The van der Waals surface area contributed by atoms with Crippen LogP contribution in [-0.2, 0) is 4.79 Å². The fourth-order valence-electron chi connectivity index (χ4n) is 3.25. The molecule has 30 heavy (non-hydrogen) atoms. The number of halogens is 2. The molecule has 4 rings (SSSR count). The molecule has 2 amide bonds. The zero-order valence-electron chi connectivity index (χ0n) is 16.1. The molecule has 152 valence electrons. The fraction of sp³-hybridized carbons (Fsp3) is 0.130. The first kappa shape index (κ1) is 20.6. The van der Waals surface area contributed by atoms with Crippen molar-refractivity contribution < 1.29 is 14.0 Å². The molecule has 1 aliphatic heterocycles. The van der Waals surface area contributed by atoms with Crippen LogP contribution in [0.5, 0.6) is 0 Å². The Hall–Kier alpha value is -2.64. The molecule has 0 aromatic heterocycles. The van der Waals surface area contributed by atoms with Gasteiger partial charge in [-0.2, -0.15) is 0 Å². The maximum absolute atomic E-state index is 14.0. The van der Waals surface area contributed by atoms with Crippen LogP contribution in [0.4, 0.5) is 15.8 Å². The maximum atomic E-state index is 14.0. The Kier molecular flexibility index (Phi) is 5.92. The zero-order chi connectivity index (χ0) is 21.3. The average molecular weight is 485 g/mol. The summed E-state index contributed by atoms with van der Waals surface area (Å²) in [4.78, 5) is 26.5. The zero-order valence-corrected chi connectivity index (χ0v) is 18.5. The number of rotatable bonds is 4. The van der Waals surface area contributed by atoms with Gasteiger partial charge in [-0.05, 0) is 60.5 Å². The van der Waals surface area contributed by atoms with E-state index in [1.165, 1.54) is 17.8 Å². The largest absolute Gasteiger partial charge is 0.322 e. The highest BCUT2D eigenvalue weighted by molar-refractivity contribution is 9.10. The van der Waals surface area contributed by atoms with Crippen LogP contribution in [0.15, 0.2) is 71.2 Å². The number of carbonyl (C=O) groups is 2. The number of amides is 2. The summed E-state index contributed by atoms with van der Waals surface area (Å²) < 4.78 is 14.9. The van der Waals surface area contributed by atoms with Gasteiger partial charge in [-0.15, -0.1) is 11.8 Å². The maximum Gasteiger partial charge on any atom is 0.255 e. The Labute approximate surface area is 186 Å². The normalized spacial score (nSPS) is 16.0. The third-order valence-electron chi connectivity index (χ3n) is 4.84. The standard InChI is InChI=1S/C23H18BrFN2O2S/c1-14-5-10-19(12-20(14)25)27-21(28)13-30-23(27)15-6-8-18(9-7-15)26-22(29)16-3-2-4-17(24)11-16/h2-12,23H,13H2,1H3,(H,26,29). The van der Waals surface area contributed by atoms with Gasteiger partial charge in [0.25, 0.3) is 5.91 Å². The van der Waals surface area contributed by atoms with E-state index in [-0.39, 0.29) is 23.0 Å². The van der Waals surface area contributed by atoms with Crippen molar-refractivity contribution in [1.29, 1.82) is 0 Å². The van der Waals surface area contributed by atoms with Gasteiger partial charge in [-0.1, -0.05) is 40.2 Å². The van der Waals surface area contributed by atoms with Gasteiger partial charge in [0.15, 0.2) is 0 Å². The average Bonchev–Trinajstić information content (AvgIpc) is 3.12. The summed E-state index contributed by atoms with van der Waals surface area (Å²) in [6.45, 7) is 1.69. The lowest BCUT2D eigenvalue weighted by atomic mass is 10.1. The van der Waals surface area contributed by atoms with E-state index in [0.29, 0.717) is 28.3 Å². The van der Waals surface area contributed by atoms with Gasteiger partial charge >= 0.3 is 0 Å². The molecule has 1 atom stereocenters. The van der Waals surface area contributed by atoms with E-state index >= 15 is 0 Å². The Bertz CT molecular complexity index is 1120. The molecule has 0 aliphatic carbocycles. The molecule has 0 saturated carbocycles. The van der Waals surface area contributed by atoms with E-state index in [9.17, 15) is 14.0 Å². The van der Waals surface area contributed by atoms with Gasteiger partial charge in [0, 0.05) is 21.4 Å². The number of aryl methyl sites for hydroxylation is 1. The van der Waals surface area contributed by atoms with E-state index in [1.807, 2.05) is 30.3 Å². The molecule has 0 spiro atoms. The minimum atomic E-state index is -0.332. The summed E-state index contributed by atoms with van der Waals surface area (Å²) in [7, 11) is 0. The lowest BCUT2D eigenvalue weighted by Gasteiger charge is -2.25. The predicted molar refractivity (Wildman–Crippen MR) is 122 cm³/mol. The van der Waals surface area contributed by atoms with Crippen molar-refractivity contribution in [2.45, 2.75) is 12.3 Å². The van der Waals surface area contributed by atoms with Gasteiger partial charge in [-0.3, -0.25) is 14.5 Å². The van der Waals surface area contributed by atoms with Crippen LogP contribution in [0.1, 0.15) is 26.9 Å². The van der Waals surface area contributed by atoms with Crippen LogP contribution in [-0.4, -0.2) is 17.6 Å². The Balaban J connectivity index is 1.53. The lowest BCUT2D eigenvalue weighted by molar-refractivity contribution is -0.115. The Morgan fingerprint density at radius 1 is 1.13 bits per heavy atom. The third-order valence-corrected chi connectivity index (χ3v) is 6.55. The molecule has 3 aromatic rings. The van der Waals surface area contributed by atoms with Gasteiger partial charge in [-0.25, -0.2) is 4.39 Å². The molecule has 7 heteroatoms. The molecule has 1 heterocycles. The van der Waals surface area contributed by atoms with Crippen LogP contribution in [0, 0.1) is 12.7 Å². The minimum Gasteiger partial charge on any atom is -0.322 e. The van der Waals surface area contributed by atoms with Crippen LogP contribution in [0.25, 0.3) is 0 Å². The molecule has 1 fully saturated rings. The highest BCUT2D eigenvalue weighted by Crippen LogP contribution is 2.42. The summed E-state index contributed by atoms with van der Waals surface area (Å²) in [6.07, 6.45) is 0. The quantitative estimate of drug-likeness (QED) is 0.499. The summed E-state index contributed by atoms with van der Waals surface area (Å²) >= 11 is 4.86. The molecule has 0 radical (unpaired) electrons. The number of hydrogen-bond acceptors (Lipinski definition) is 3. The van der Waals surface area contributed by atoms with Crippen molar-refractivity contribution in [3.05, 3.63) is 93.7 Å². The van der Waals surface area contributed by atoms with Crippen molar-refractivity contribution >= 4 is 50.9 Å². The van der Waals surface area contributed by atoms with E-state index in [1.54, 1.807) is 42.2 Å². The first-order chi connectivity index (χ1) is 14.4. The number of thioether (sulfide) groups is 1. The number of hydrogen-bond donors (Lipinski definition) is 1. The highest BCUT2D eigenvalue weighted by atomic mass is 79.9. The van der Waals surface area contributed by atoms with Crippen molar-refractivity contribution in [2.24, 2.45) is 0 Å². The molecule has 1 N–H and O–H groups in total. The summed E-state index contributed by atoms with van der Waals surface area (Å²) in [5.74, 6) is -0.255. The van der Waals surface area contributed by atoms with E-state index in [2.05, 4.69) is 21.2 Å². The van der Waals surface area contributed by atoms with Gasteiger partial charge < -0.3 is 5.32 Å². The number of carbonyl (C=O) groups excluding carboxylic acids is 2. The van der Waals surface area contributed by atoms with E-state index < -0.39 is 0 Å². The van der Waals surface area contributed by atoms with Gasteiger partial charge in [0.2, 0.25) is 5.91 Å². The minimum absolute atomic E-state index is 0.0553. The van der Waals surface area contributed by atoms with Crippen LogP contribution in [0.2, 0.25) is 0 Å². The van der Waals surface area contributed by atoms with Gasteiger partial charge in [0.1, 0.15) is 11.2 Å². The van der Waals surface area contributed by atoms with Crippen LogP contribution >= 0.6 is 27.7 Å². The monoisotopic (exact) mass is 484 g/mol. The summed E-state index contributed by atoms with van der Waals surface area (Å²) in [5.41, 5.74) is 3.21. The molecule has 0 bridgehead atoms. The Morgan fingerprint density at radius 3 is 2.60 bits per heavy atom. The summed E-state index contributed by atoms with van der Waals surface area (Å²) in [5, 5.41) is 2.63. The second-order valence-electron chi connectivity index (χ2n) is 6.95. The number of benzene rings is 3. The van der Waals surface area contributed by atoms with Crippen molar-refractivity contribution in [3.8, 4) is 0 Å². The lowest BCUT2D eigenvalue weighted by Crippen LogP contribution is -2.28. The first-order valence-corrected chi connectivity index (χ1v) is 11.1. The van der Waals surface area contributed by atoms with E-state index in [0.717, 1.165) is 10.0 Å². The second-order valence-corrected chi connectivity index (χ2v) is 8.93. The van der Waals surface area contributed by atoms with Crippen molar-refractivity contribution in [3.63, 3.8) is 0 Å². The van der Waals surface area contributed by atoms with Crippen molar-refractivity contribution in [1.82, 2.24) is 0 Å². The molecule has 1 aliphatic rings. The summed E-state index contributed by atoms with van der Waals surface area (Å²) in [6, 6.07) is 19.4. The topological polar surface area (TPSA) is 49.4 Å². The highest BCUT2D eigenvalue weighted by Gasteiger charge is 2.34. The molecule has 3 aromatic carbocycles. The SMILES string of the molecule is Cc1ccc(N2C(=O)CSC2c2ccc(NC(=O)c3cccc(Br)c3)cc2)cc1F. The molecule has 1 unspecified atom stereocenters. The molecule has 1 saturated heterocycles. The molecular weight excluding hydrogens is 467 g/mol. The van der Waals surface area contributed by atoms with Crippen molar-refractivity contribution in [2.75, 3.05) is 16.0 Å². The fourth-order valence-corrected chi connectivity index (χ4v) is 4.82. The Morgan fingerprint density at radius 2 is 1.90 bits per heavy atom. The number of anilines is 2. The molecule has 4 nitrogen and oxygen atoms in total. The van der Waals surface area contributed by atoms with Gasteiger partial charge in [0.05, 0.1) is 5.75 Å². The van der Waals surface area contributed by atoms with Crippen LogP contribution < -0.4 is 10.2 Å². The second kappa shape index (κ2) is 8.62. The number of nitrogens with one attached hydrogen (secondary N) is 1. The smallest absolute Gasteiger partial charge is 0.255 e. The van der Waals surface area contributed by atoms with Crippen LogP contribution in [0.3, 0.4) is 0 Å². The number of nitrogens with zero attached hydrogens (tertiary/aromatic N) is 1. The third kappa shape index (κ3) is 4.27. The molecular formula is C23H18BrFN2O2S.